The van der Waals surface area contributed by atoms with E-state index in [9.17, 15) is 14.4 Å². The van der Waals surface area contributed by atoms with E-state index in [1.54, 1.807) is 36.4 Å². The van der Waals surface area contributed by atoms with Gasteiger partial charge >= 0.3 is 5.69 Å². The van der Waals surface area contributed by atoms with Crippen LogP contribution in [0.4, 0.5) is 0 Å². The first-order chi connectivity index (χ1) is 16.1. The zero-order chi connectivity index (χ0) is 22.8. The second kappa shape index (κ2) is 8.66. The highest BCUT2D eigenvalue weighted by Gasteiger charge is 2.25. The summed E-state index contributed by atoms with van der Waals surface area (Å²) in [5.41, 5.74) is 0.945. The maximum absolute atomic E-state index is 13.3. The number of hydrogen-bond donors (Lipinski definition) is 2. The molecule has 0 fully saturated rings. The second-order valence-corrected chi connectivity index (χ2v) is 7.76. The molecule has 1 amide bonds. The molecule has 1 aliphatic rings. The number of benzene rings is 3. The topological polar surface area (TPSA) is 102 Å². The lowest BCUT2D eigenvalue weighted by molar-refractivity contribution is -0.124. The van der Waals surface area contributed by atoms with E-state index in [0.29, 0.717) is 22.4 Å². The fourth-order valence-electron chi connectivity index (χ4n) is 3.96. The van der Waals surface area contributed by atoms with Crippen LogP contribution in [-0.4, -0.2) is 22.3 Å². The first-order valence-corrected chi connectivity index (χ1v) is 10.5. The Hall–Kier alpha value is -4.33. The molecule has 0 radical (unpaired) electrons. The monoisotopic (exact) mass is 443 g/mol. The number of amides is 1. The Labute approximate surface area is 188 Å². The minimum absolute atomic E-state index is 0.165. The summed E-state index contributed by atoms with van der Waals surface area (Å²) in [7, 11) is 0. The minimum Gasteiger partial charge on any atom is -0.454 e. The van der Waals surface area contributed by atoms with Gasteiger partial charge in [0.1, 0.15) is 6.04 Å². The average Bonchev–Trinajstić information content (AvgIpc) is 3.30. The summed E-state index contributed by atoms with van der Waals surface area (Å²) in [6.45, 7) is 0.374. The van der Waals surface area contributed by atoms with Crippen molar-refractivity contribution >= 4 is 16.8 Å². The molecule has 2 N–H and O–H groups in total. The molecule has 166 valence electrons. The molecule has 0 aliphatic carbocycles. The number of hydrogen-bond acceptors (Lipinski definition) is 5. The summed E-state index contributed by atoms with van der Waals surface area (Å²) < 4.78 is 11.7. The Morgan fingerprint density at radius 1 is 0.939 bits per heavy atom. The molecule has 0 unspecified atom stereocenters. The smallest absolute Gasteiger partial charge is 0.329 e. The molecular weight excluding hydrogens is 422 g/mol. The molecule has 8 heteroatoms. The third kappa shape index (κ3) is 4.10. The molecule has 3 aromatic carbocycles. The van der Waals surface area contributed by atoms with Gasteiger partial charge in [0.15, 0.2) is 11.5 Å². The van der Waals surface area contributed by atoms with Crippen LogP contribution in [0.3, 0.4) is 0 Å². The number of aromatic amines is 1. The lowest BCUT2D eigenvalue weighted by Crippen LogP contribution is -2.45. The van der Waals surface area contributed by atoms with Gasteiger partial charge in [-0.3, -0.25) is 9.59 Å². The van der Waals surface area contributed by atoms with E-state index in [1.165, 1.54) is 0 Å². The molecule has 2 heterocycles. The third-order valence-corrected chi connectivity index (χ3v) is 5.63. The van der Waals surface area contributed by atoms with E-state index in [0.717, 1.165) is 15.7 Å². The van der Waals surface area contributed by atoms with Crippen LogP contribution in [0.1, 0.15) is 17.2 Å². The fraction of sp³-hybridized carbons (Fsp3) is 0.160. The van der Waals surface area contributed by atoms with Crippen molar-refractivity contribution in [3.63, 3.8) is 0 Å². The van der Waals surface area contributed by atoms with Crippen molar-refractivity contribution in [1.29, 1.82) is 0 Å². The standard InChI is InChI=1S/C25H21N3O5/c29-23(26-14-17-10-11-21-22(13-17)33-15-32-21)20(12-16-6-2-1-3-7-16)28-24(30)18-8-4-5-9-19(18)27-25(28)31/h1-11,13,20H,12,14-15H2,(H,26,29)(H,27,31)/t20-/m0/s1. The molecule has 0 saturated heterocycles. The molecule has 4 aromatic rings. The molecule has 0 saturated carbocycles. The number of carbonyl (C=O) groups is 1. The molecular formula is C25H21N3O5. The van der Waals surface area contributed by atoms with Crippen LogP contribution in [-0.2, 0) is 17.8 Å². The summed E-state index contributed by atoms with van der Waals surface area (Å²) in [5, 5.41) is 3.21. The van der Waals surface area contributed by atoms with Crippen LogP contribution in [0.15, 0.2) is 82.4 Å². The van der Waals surface area contributed by atoms with Crippen molar-refractivity contribution < 1.29 is 14.3 Å². The van der Waals surface area contributed by atoms with Gasteiger partial charge in [-0.1, -0.05) is 48.5 Å². The number of carbonyl (C=O) groups excluding carboxylic acids is 1. The summed E-state index contributed by atoms with van der Waals surface area (Å²) in [4.78, 5) is 42.1. The Bertz CT molecular complexity index is 1440. The van der Waals surface area contributed by atoms with Crippen LogP contribution >= 0.6 is 0 Å². The van der Waals surface area contributed by atoms with E-state index >= 15 is 0 Å². The van der Waals surface area contributed by atoms with Crippen molar-refractivity contribution in [3.8, 4) is 11.5 Å². The van der Waals surface area contributed by atoms with E-state index in [2.05, 4.69) is 10.3 Å². The number of para-hydroxylation sites is 1. The van der Waals surface area contributed by atoms with E-state index in [1.807, 2.05) is 36.4 Å². The van der Waals surface area contributed by atoms with Crippen molar-refractivity contribution in [2.24, 2.45) is 0 Å². The maximum Gasteiger partial charge on any atom is 0.329 e. The second-order valence-electron chi connectivity index (χ2n) is 7.76. The van der Waals surface area contributed by atoms with Crippen molar-refractivity contribution in [3.05, 3.63) is 105 Å². The van der Waals surface area contributed by atoms with Gasteiger partial charge in [0.2, 0.25) is 12.7 Å². The van der Waals surface area contributed by atoms with Crippen LogP contribution in [0.5, 0.6) is 11.5 Å². The summed E-state index contributed by atoms with van der Waals surface area (Å²) in [6, 6.07) is 20.4. The molecule has 1 aromatic heterocycles. The predicted octanol–water partition coefficient (Wildman–Crippen LogP) is 2.52. The Morgan fingerprint density at radius 2 is 1.70 bits per heavy atom. The van der Waals surface area contributed by atoms with Gasteiger partial charge in [-0.05, 0) is 35.4 Å². The van der Waals surface area contributed by atoms with Gasteiger partial charge in [-0.15, -0.1) is 0 Å². The van der Waals surface area contributed by atoms with Gasteiger partial charge in [-0.2, -0.15) is 0 Å². The highest BCUT2D eigenvalue weighted by Crippen LogP contribution is 2.32. The molecule has 1 aliphatic heterocycles. The van der Waals surface area contributed by atoms with Crippen molar-refractivity contribution in [1.82, 2.24) is 14.9 Å². The minimum atomic E-state index is -1.03. The number of nitrogens with one attached hydrogen (secondary N) is 2. The summed E-state index contributed by atoms with van der Waals surface area (Å²) in [5.74, 6) is 0.838. The van der Waals surface area contributed by atoms with Crippen LogP contribution in [0, 0.1) is 0 Å². The van der Waals surface area contributed by atoms with Crippen LogP contribution in [0.2, 0.25) is 0 Å². The molecule has 1 atom stereocenters. The largest absolute Gasteiger partial charge is 0.454 e. The molecule has 5 rings (SSSR count). The average molecular weight is 443 g/mol. The lowest BCUT2D eigenvalue weighted by Gasteiger charge is -2.19. The Balaban J connectivity index is 1.48. The molecule has 0 bridgehead atoms. The number of aromatic nitrogens is 2. The number of fused-ring (bicyclic) bond motifs is 2. The van der Waals surface area contributed by atoms with E-state index < -0.39 is 23.2 Å². The number of ether oxygens (including phenoxy) is 2. The number of H-pyrrole nitrogens is 1. The fourth-order valence-corrected chi connectivity index (χ4v) is 3.96. The SMILES string of the molecule is O=C(NCc1ccc2c(c1)OCO2)[C@H](Cc1ccccc1)n1c(=O)[nH]c2ccccc2c1=O. The highest BCUT2D eigenvalue weighted by atomic mass is 16.7. The quantitative estimate of drug-likeness (QED) is 0.477. The maximum atomic E-state index is 13.3. The van der Waals surface area contributed by atoms with Crippen LogP contribution < -0.4 is 26.0 Å². The summed E-state index contributed by atoms with van der Waals surface area (Å²) >= 11 is 0. The third-order valence-electron chi connectivity index (χ3n) is 5.63. The van der Waals surface area contributed by atoms with Crippen molar-refractivity contribution in [2.45, 2.75) is 19.0 Å². The normalized spacial score (nSPS) is 13.1. The lowest BCUT2D eigenvalue weighted by atomic mass is 10.0. The van der Waals surface area contributed by atoms with Gasteiger partial charge in [0, 0.05) is 13.0 Å². The highest BCUT2D eigenvalue weighted by molar-refractivity contribution is 5.82. The van der Waals surface area contributed by atoms with Crippen molar-refractivity contribution in [2.75, 3.05) is 6.79 Å². The van der Waals surface area contributed by atoms with Crippen LogP contribution in [0.25, 0.3) is 10.9 Å². The Morgan fingerprint density at radius 3 is 2.55 bits per heavy atom. The van der Waals surface area contributed by atoms with Gasteiger partial charge < -0.3 is 19.8 Å². The van der Waals surface area contributed by atoms with E-state index in [4.69, 9.17) is 9.47 Å². The zero-order valence-corrected chi connectivity index (χ0v) is 17.6. The van der Waals surface area contributed by atoms with Gasteiger partial charge in [0.05, 0.1) is 10.9 Å². The first-order valence-electron chi connectivity index (χ1n) is 10.5. The Kier molecular flexibility index (Phi) is 5.40. The predicted molar refractivity (Wildman–Crippen MR) is 122 cm³/mol. The van der Waals surface area contributed by atoms with Gasteiger partial charge in [-0.25, -0.2) is 9.36 Å². The molecule has 33 heavy (non-hydrogen) atoms. The molecule has 0 spiro atoms. The van der Waals surface area contributed by atoms with Gasteiger partial charge in [0.25, 0.3) is 5.56 Å². The van der Waals surface area contributed by atoms with E-state index in [-0.39, 0.29) is 19.8 Å². The number of nitrogens with zero attached hydrogens (tertiary/aromatic N) is 1. The first kappa shape index (κ1) is 20.6. The molecule has 8 nitrogen and oxygen atoms in total. The number of rotatable bonds is 6. The summed E-state index contributed by atoms with van der Waals surface area (Å²) in [6.07, 6.45) is 0.190. The zero-order valence-electron chi connectivity index (χ0n) is 17.6.